The van der Waals surface area contributed by atoms with Crippen LogP contribution in [0.15, 0.2) is 53.6 Å². The van der Waals surface area contributed by atoms with E-state index in [1.165, 1.54) is 30.8 Å². The predicted octanol–water partition coefficient (Wildman–Crippen LogP) is 5.84. The molecule has 0 saturated heterocycles. The van der Waals surface area contributed by atoms with E-state index in [4.69, 9.17) is 9.16 Å². The molecule has 6 amide bonds. The van der Waals surface area contributed by atoms with Crippen molar-refractivity contribution in [3.05, 3.63) is 59.2 Å². The molecule has 0 aliphatic carbocycles. The Morgan fingerprint density at radius 2 is 1.47 bits per heavy atom. The minimum atomic E-state index is -2.36. The number of carbonyl (C=O) groups is 7. The second-order valence-corrected chi connectivity index (χ2v) is 24.9. The van der Waals surface area contributed by atoms with Crippen molar-refractivity contribution in [1.29, 1.82) is 0 Å². The second kappa shape index (κ2) is 25.3. The van der Waals surface area contributed by atoms with Crippen LogP contribution in [0.4, 0.5) is 0 Å². The number of hydrogen-bond donors (Lipinski definition) is 4. The molecule has 2 rings (SSSR count). The summed E-state index contributed by atoms with van der Waals surface area (Å²) in [4.78, 5) is 100. The van der Waals surface area contributed by atoms with Crippen LogP contribution in [-0.2, 0) is 49.1 Å². The number of hydrogen-bond acceptors (Lipinski definition) is 9. The summed E-state index contributed by atoms with van der Waals surface area (Å²) in [5, 5.41) is 11.3. The summed E-state index contributed by atoms with van der Waals surface area (Å²) in [6.45, 7) is 28.3. The number of rotatable bonds is 11. The number of likely N-dealkylation sites (N-methyl/N-ethyl adjacent to an activating group) is 2. The van der Waals surface area contributed by atoms with Crippen LogP contribution in [0, 0.1) is 17.8 Å². The van der Waals surface area contributed by atoms with Gasteiger partial charge in [0.15, 0.2) is 14.4 Å². The molecule has 1 heterocycles. The molecule has 0 fully saturated rings. The van der Waals surface area contributed by atoms with Gasteiger partial charge in [0, 0.05) is 38.0 Å². The number of carbonyl (C=O) groups excluding carboxylic acids is 7. The first kappa shape index (κ1) is 57.3. The zero-order chi connectivity index (χ0) is 50.4. The molecule has 15 nitrogen and oxygen atoms in total. The van der Waals surface area contributed by atoms with Crippen molar-refractivity contribution in [2.45, 2.75) is 176 Å². The van der Waals surface area contributed by atoms with Gasteiger partial charge in [0.05, 0.1) is 12.6 Å². The first-order valence-corrected chi connectivity index (χ1v) is 26.4. The highest BCUT2D eigenvalue weighted by Gasteiger charge is 2.42. The summed E-state index contributed by atoms with van der Waals surface area (Å²) in [6.07, 6.45) is 2.94. The normalized spacial score (nSPS) is 25.9. The van der Waals surface area contributed by atoms with E-state index in [0.717, 1.165) is 11.1 Å². The smallest absolute Gasteiger partial charge is 0.334 e. The van der Waals surface area contributed by atoms with E-state index >= 15 is 0 Å². The maximum Gasteiger partial charge on any atom is 0.334 e. The van der Waals surface area contributed by atoms with E-state index in [1.54, 1.807) is 19.9 Å². The van der Waals surface area contributed by atoms with E-state index in [2.05, 4.69) is 55.1 Å². The topological polar surface area (TPSA) is 193 Å². The van der Waals surface area contributed by atoms with Crippen LogP contribution in [0.1, 0.15) is 115 Å². The summed E-state index contributed by atoms with van der Waals surface area (Å²) in [7, 11) is 0.545. The average molecular weight is 939 g/mol. The SMILES string of the molecule is C/C=C(\C)[C@@H](O[Si](C)(C)C(C)(C)C)[C@@H](C)[C@@H]1C/C=C(\C)C(=O)O[C@H](CC(C)C)C(=O)N[C@@H](C)C(=O)N(C)[C@H](Cc2ccccc2)C(=O)N(C)CC(=O)N[C@@H](C(C)CC)C(=O)N[C@H](C)C(=O)N1. The average Bonchev–Trinajstić information content (AvgIpc) is 3.25. The van der Waals surface area contributed by atoms with Crippen LogP contribution in [-0.4, -0.2) is 123 Å². The van der Waals surface area contributed by atoms with E-state index in [0.29, 0.717) is 6.42 Å². The highest BCUT2D eigenvalue weighted by Crippen LogP contribution is 2.39. The van der Waals surface area contributed by atoms with Crippen LogP contribution in [0.5, 0.6) is 0 Å². The maximum absolute atomic E-state index is 14.2. The Balaban J connectivity index is 2.74. The number of benzene rings is 1. The van der Waals surface area contributed by atoms with Crippen molar-refractivity contribution in [2.75, 3.05) is 20.6 Å². The molecular weight excluding hydrogens is 857 g/mol. The van der Waals surface area contributed by atoms with Gasteiger partial charge in [-0.2, -0.15) is 0 Å². The molecule has 1 aliphatic rings. The van der Waals surface area contributed by atoms with Crippen molar-refractivity contribution in [1.82, 2.24) is 31.1 Å². The number of allylic oxidation sites excluding steroid dienone is 1. The Morgan fingerprint density at radius 1 is 0.879 bits per heavy atom. The Labute approximate surface area is 396 Å². The molecule has 4 N–H and O–H groups in total. The van der Waals surface area contributed by atoms with Crippen LogP contribution < -0.4 is 21.3 Å². The molecule has 0 saturated carbocycles. The van der Waals surface area contributed by atoms with Gasteiger partial charge >= 0.3 is 5.97 Å². The largest absolute Gasteiger partial charge is 0.449 e. The molecule has 9 atom stereocenters. The third-order valence-electron chi connectivity index (χ3n) is 13.2. The van der Waals surface area contributed by atoms with Gasteiger partial charge in [-0.15, -0.1) is 0 Å². The molecule has 370 valence electrons. The standard InChI is InChI=1S/C50H82N6O9Si/c1-18-31(5)42-46(60)51-35(9)44(58)53-38(34(8)43(32(6)19-2)65-66(16,17)50(11,12)13)26-25-33(7)49(63)64-40(27-30(3)4)45(59)52-36(10)47(61)56(15)39(28-37-23-21-20-22-24-37)48(62)55(14)29-41(57)54-42/h19-25,30-31,34-36,38-40,42-43H,18,26-29H2,1-17H3,(H,51,60)(H,52,59)(H,53,58)(H,54,57)/b32-19+,33-25+/t31?,34-,35+,36-,38-,39+,40+,42-,43+/m0/s1. The molecule has 0 spiro atoms. The summed E-state index contributed by atoms with van der Waals surface area (Å²) in [6, 6.07) is 4.15. The lowest BCUT2D eigenvalue weighted by molar-refractivity contribution is -0.154. The zero-order valence-corrected chi connectivity index (χ0v) is 43.9. The van der Waals surface area contributed by atoms with Crippen LogP contribution >= 0.6 is 0 Å². The van der Waals surface area contributed by atoms with Crippen LogP contribution in [0.25, 0.3) is 0 Å². The Kier molecular flexibility index (Phi) is 22.0. The van der Waals surface area contributed by atoms with Crippen molar-refractivity contribution >= 4 is 49.7 Å². The van der Waals surface area contributed by atoms with Gasteiger partial charge in [0.25, 0.3) is 5.91 Å². The van der Waals surface area contributed by atoms with Gasteiger partial charge in [-0.25, -0.2) is 4.79 Å². The molecule has 0 aromatic heterocycles. The third-order valence-corrected chi connectivity index (χ3v) is 17.7. The number of cyclic esters (lactones) is 1. The van der Waals surface area contributed by atoms with Crippen molar-refractivity contribution < 1.29 is 42.7 Å². The van der Waals surface area contributed by atoms with Crippen LogP contribution in [0.3, 0.4) is 0 Å². The molecule has 66 heavy (non-hydrogen) atoms. The number of esters is 1. The van der Waals surface area contributed by atoms with E-state index in [-0.39, 0.29) is 47.6 Å². The first-order chi connectivity index (χ1) is 30.6. The van der Waals surface area contributed by atoms with Gasteiger partial charge in [-0.1, -0.05) is 104 Å². The highest BCUT2D eigenvalue weighted by atomic mass is 28.4. The monoisotopic (exact) mass is 939 g/mol. The lowest BCUT2D eigenvalue weighted by Gasteiger charge is -2.43. The lowest BCUT2D eigenvalue weighted by Crippen LogP contribution is -2.58. The number of nitrogens with zero attached hydrogens (tertiary/aromatic N) is 2. The van der Waals surface area contributed by atoms with Gasteiger partial charge in [0.2, 0.25) is 29.5 Å². The fourth-order valence-electron chi connectivity index (χ4n) is 7.34. The van der Waals surface area contributed by atoms with E-state index in [1.807, 2.05) is 84.9 Å². The first-order valence-electron chi connectivity index (χ1n) is 23.5. The molecule has 0 radical (unpaired) electrons. The minimum absolute atomic E-state index is 0.0740. The minimum Gasteiger partial charge on any atom is -0.449 e. The van der Waals surface area contributed by atoms with Crippen molar-refractivity contribution in [3.63, 3.8) is 0 Å². The third kappa shape index (κ3) is 16.5. The van der Waals surface area contributed by atoms with Gasteiger partial charge in [-0.05, 0) is 88.6 Å². The lowest BCUT2D eigenvalue weighted by atomic mass is 9.88. The summed E-state index contributed by atoms with van der Waals surface area (Å²) < 4.78 is 12.9. The molecule has 1 aromatic carbocycles. The van der Waals surface area contributed by atoms with E-state index in [9.17, 15) is 33.6 Å². The number of ether oxygens (including phenoxy) is 1. The van der Waals surface area contributed by atoms with Crippen molar-refractivity contribution in [2.24, 2.45) is 17.8 Å². The quantitative estimate of drug-likeness (QED) is 0.120. The van der Waals surface area contributed by atoms with Crippen molar-refractivity contribution in [3.8, 4) is 0 Å². The van der Waals surface area contributed by atoms with Gasteiger partial charge < -0.3 is 40.2 Å². The Bertz CT molecular complexity index is 1910. The molecule has 1 aliphatic heterocycles. The molecular formula is C50H82N6O9Si. The number of nitrogens with one attached hydrogen (secondary N) is 4. The molecule has 1 aromatic rings. The molecule has 16 heteroatoms. The predicted molar refractivity (Wildman–Crippen MR) is 261 cm³/mol. The van der Waals surface area contributed by atoms with Gasteiger partial charge in [0.1, 0.15) is 24.2 Å². The highest BCUT2D eigenvalue weighted by molar-refractivity contribution is 6.74. The van der Waals surface area contributed by atoms with Crippen LogP contribution in [0.2, 0.25) is 18.1 Å². The molecule has 0 bridgehead atoms. The summed E-state index contributed by atoms with van der Waals surface area (Å²) in [5.74, 6) is -4.98. The summed E-state index contributed by atoms with van der Waals surface area (Å²) in [5.41, 5.74) is 1.93. The van der Waals surface area contributed by atoms with Gasteiger partial charge in [-0.3, -0.25) is 28.8 Å². The number of amides is 6. The Morgan fingerprint density at radius 3 is 2.02 bits per heavy atom. The summed E-state index contributed by atoms with van der Waals surface area (Å²) >= 11 is 0. The van der Waals surface area contributed by atoms with E-state index < -0.39 is 98.7 Å². The Hall–Kier alpha value is -4.83. The fraction of sp³-hybridized carbons (Fsp3) is 0.660. The fourth-order valence-corrected chi connectivity index (χ4v) is 8.72. The second-order valence-electron chi connectivity index (χ2n) is 20.2. The maximum atomic E-state index is 14.2. The zero-order valence-electron chi connectivity index (χ0n) is 42.9. The molecule has 1 unspecified atom stereocenters.